The number of rotatable bonds is 9. The number of esters is 1. The van der Waals surface area contributed by atoms with Crippen LogP contribution in [0.15, 0.2) is 47.4 Å². The van der Waals surface area contributed by atoms with Gasteiger partial charge in [-0.3, -0.25) is 4.79 Å². The Morgan fingerprint density at radius 2 is 1.82 bits per heavy atom. The highest BCUT2D eigenvalue weighted by molar-refractivity contribution is 7.89. The molecule has 1 aliphatic heterocycles. The molecule has 1 amide bonds. The highest BCUT2D eigenvalue weighted by atomic mass is 32.2. The second kappa shape index (κ2) is 11.1. The molecule has 1 saturated heterocycles. The van der Waals surface area contributed by atoms with Crippen LogP contribution < -0.4 is 10.2 Å². The maximum Gasteiger partial charge on any atom is 0.340 e. The van der Waals surface area contributed by atoms with Crippen molar-refractivity contribution in [1.29, 1.82) is 5.26 Å². The third kappa shape index (κ3) is 5.73. The number of hydrogen-bond donors (Lipinski definition) is 1. The molecule has 180 valence electrons. The Kier molecular flexibility index (Phi) is 8.26. The first-order valence-corrected chi connectivity index (χ1v) is 12.6. The molecular formula is C24H28N4O5S. The van der Waals surface area contributed by atoms with Gasteiger partial charge in [0.2, 0.25) is 10.0 Å². The summed E-state index contributed by atoms with van der Waals surface area (Å²) in [5.41, 5.74) is 1.49. The number of anilines is 2. The maximum atomic E-state index is 13.0. The summed E-state index contributed by atoms with van der Waals surface area (Å²) < 4.78 is 32.6. The van der Waals surface area contributed by atoms with E-state index in [2.05, 4.69) is 5.32 Å². The number of nitriles is 1. The van der Waals surface area contributed by atoms with Crippen molar-refractivity contribution in [1.82, 2.24) is 4.31 Å². The predicted octanol–water partition coefficient (Wildman–Crippen LogP) is 2.98. The van der Waals surface area contributed by atoms with E-state index in [4.69, 9.17) is 10.00 Å². The average Bonchev–Trinajstić information content (AvgIpc) is 3.37. The third-order valence-corrected chi connectivity index (χ3v) is 7.63. The van der Waals surface area contributed by atoms with E-state index in [9.17, 15) is 18.0 Å². The van der Waals surface area contributed by atoms with E-state index in [1.165, 1.54) is 22.5 Å². The molecule has 10 heteroatoms. The smallest absolute Gasteiger partial charge is 0.340 e. The molecule has 1 N–H and O–H groups in total. The number of benzene rings is 2. The zero-order chi connectivity index (χ0) is 24.7. The lowest BCUT2D eigenvalue weighted by atomic mass is 10.1. The van der Waals surface area contributed by atoms with Gasteiger partial charge in [0.05, 0.1) is 27.8 Å². The Morgan fingerprint density at radius 1 is 1.12 bits per heavy atom. The van der Waals surface area contributed by atoms with Gasteiger partial charge in [0, 0.05) is 31.9 Å². The maximum absolute atomic E-state index is 13.0. The van der Waals surface area contributed by atoms with Gasteiger partial charge in [0.1, 0.15) is 0 Å². The van der Waals surface area contributed by atoms with Crippen molar-refractivity contribution in [2.75, 3.05) is 43.0 Å². The molecule has 0 unspecified atom stereocenters. The molecule has 2 aromatic carbocycles. The number of nitrogens with one attached hydrogen (secondary N) is 1. The van der Waals surface area contributed by atoms with E-state index < -0.39 is 28.5 Å². The largest absolute Gasteiger partial charge is 0.452 e. The number of sulfonamides is 1. The lowest BCUT2D eigenvalue weighted by molar-refractivity contribution is -0.119. The van der Waals surface area contributed by atoms with Crippen LogP contribution in [0.2, 0.25) is 0 Å². The van der Waals surface area contributed by atoms with Gasteiger partial charge >= 0.3 is 5.97 Å². The Morgan fingerprint density at radius 3 is 2.47 bits per heavy atom. The zero-order valence-electron chi connectivity index (χ0n) is 19.3. The Hall–Kier alpha value is -3.42. The zero-order valence-corrected chi connectivity index (χ0v) is 20.1. The fourth-order valence-electron chi connectivity index (χ4n) is 3.86. The molecule has 0 atom stereocenters. The first-order valence-electron chi connectivity index (χ1n) is 11.2. The molecule has 0 bridgehead atoms. The van der Waals surface area contributed by atoms with Crippen molar-refractivity contribution in [3.05, 3.63) is 53.6 Å². The number of ether oxygens (including phenoxy) is 1. The Labute approximate surface area is 200 Å². The first-order chi connectivity index (χ1) is 16.3. The van der Waals surface area contributed by atoms with E-state index in [-0.39, 0.29) is 10.5 Å². The molecule has 1 aliphatic rings. The van der Waals surface area contributed by atoms with E-state index in [0.717, 1.165) is 25.9 Å². The van der Waals surface area contributed by atoms with E-state index in [0.29, 0.717) is 30.0 Å². The summed E-state index contributed by atoms with van der Waals surface area (Å²) in [6.07, 6.45) is 1.94. The normalized spacial score (nSPS) is 13.5. The number of carbonyl (C=O) groups excluding carboxylic acids is 2. The van der Waals surface area contributed by atoms with E-state index in [1.54, 1.807) is 38.1 Å². The van der Waals surface area contributed by atoms with Gasteiger partial charge in [0.25, 0.3) is 5.91 Å². The summed E-state index contributed by atoms with van der Waals surface area (Å²) in [5.74, 6) is -1.35. The highest BCUT2D eigenvalue weighted by Gasteiger charge is 2.27. The van der Waals surface area contributed by atoms with Gasteiger partial charge in [-0.05, 0) is 49.2 Å². The van der Waals surface area contributed by atoms with Gasteiger partial charge in [-0.25, -0.2) is 13.2 Å². The quantitative estimate of drug-likeness (QED) is 0.543. The number of carbonyl (C=O) groups is 2. The van der Waals surface area contributed by atoms with Crippen molar-refractivity contribution in [3.8, 4) is 6.07 Å². The summed E-state index contributed by atoms with van der Waals surface area (Å²) in [7, 11) is -3.77. The van der Waals surface area contributed by atoms with Crippen LogP contribution in [0.1, 0.15) is 42.6 Å². The lowest BCUT2D eigenvalue weighted by Gasteiger charge is -2.23. The van der Waals surface area contributed by atoms with Crippen LogP contribution in [0.5, 0.6) is 0 Å². The van der Waals surface area contributed by atoms with Gasteiger partial charge < -0.3 is 15.0 Å². The van der Waals surface area contributed by atoms with Crippen LogP contribution in [0.3, 0.4) is 0 Å². The Balaban J connectivity index is 1.81. The molecule has 1 heterocycles. The predicted molar refractivity (Wildman–Crippen MR) is 128 cm³/mol. The summed E-state index contributed by atoms with van der Waals surface area (Å²) >= 11 is 0. The van der Waals surface area contributed by atoms with Crippen molar-refractivity contribution in [2.45, 2.75) is 31.6 Å². The summed E-state index contributed by atoms with van der Waals surface area (Å²) in [5, 5.41) is 11.6. The fourth-order valence-corrected chi connectivity index (χ4v) is 5.34. The van der Waals surface area contributed by atoms with Crippen LogP contribution in [-0.2, 0) is 19.6 Å². The third-order valence-electron chi connectivity index (χ3n) is 5.59. The minimum atomic E-state index is -3.77. The van der Waals surface area contributed by atoms with Crippen molar-refractivity contribution in [3.63, 3.8) is 0 Å². The van der Waals surface area contributed by atoms with Crippen LogP contribution in [0.4, 0.5) is 11.4 Å². The van der Waals surface area contributed by atoms with Gasteiger partial charge in [-0.1, -0.05) is 19.9 Å². The number of nitrogens with zero attached hydrogens (tertiary/aromatic N) is 3. The van der Waals surface area contributed by atoms with E-state index >= 15 is 0 Å². The molecule has 0 spiro atoms. The average molecular weight is 485 g/mol. The molecule has 3 rings (SSSR count). The van der Waals surface area contributed by atoms with Gasteiger partial charge in [-0.15, -0.1) is 0 Å². The van der Waals surface area contributed by atoms with Crippen LogP contribution >= 0.6 is 0 Å². The van der Waals surface area contributed by atoms with Crippen LogP contribution in [0.25, 0.3) is 0 Å². The summed E-state index contributed by atoms with van der Waals surface area (Å²) in [6.45, 7) is 5.05. The van der Waals surface area contributed by atoms with E-state index in [1.807, 2.05) is 11.0 Å². The summed E-state index contributed by atoms with van der Waals surface area (Å²) in [6, 6.07) is 12.8. The van der Waals surface area contributed by atoms with Gasteiger partial charge in [0.15, 0.2) is 6.61 Å². The molecular weight excluding hydrogens is 456 g/mol. The van der Waals surface area contributed by atoms with Crippen molar-refractivity contribution < 1.29 is 22.7 Å². The molecule has 1 fully saturated rings. The fraction of sp³-hybridized carbons (Fsp3) is 0.375. The molecule has 34 heavy (non-hydrogen) atoms. The molecule has 0 aliphatic carbocycles. The van der Waals surface area contributed by atoms with Gasteiger partial charge in [-0.2, -0.15) is 9.57 Å². The van der Waals surface area contributed by atoms with Crippen molar-refractivity contribution in [2.24, 2.45) is 0 Å². The molecule has 9 nitrogen and oxygen atoms in total. The summed E-state index contributed by atoms with van der Waals surface area (Å²) in [4.78, 5) is 27.3. The topological polar surface area (TPSA) is 120 Å². The lowest BCUT2D eigenvalue weighted by Crippen LogP contribution is -2.31. The second-order valence-corrected chi connectivity index (χ2v) is 9.72. The molecule has 0 aromatic heterocycles. The second-order valence-electron chi connectivity index (χ2n) is 7.78. The minimum Gasteiger partial charge on any atom is -0.452 e. The monoisotopic (exact) mass is 484 g/mol. The van der Waals surface area contributed by atoms with Crippen molar-refractivity contribution >= 4 is 33.3 Å². The highest BCUT2D eigenvalue weighted by Crippen LogP contribution is 2.29. The molecule has 0 radical (unpaired) electrons. The van der Waals surface area contributed by atoms with Crippen LogP contribution in [0, 0.1) is 11.3 Å². The molecule has 0 saturated carbocycles. The first kappa shape index (κ1) is 25.2. The van der Waals surface area contributed by atoms with Crippen LogP contribution in [-0.4, -0.2) is 57.4 Å². The standard InChI is InChI=1S/C24H28N4O5S/c1-3-28(4-2)34(31,32)20-10-11-22(27-12-5-6-13-27)21(15-20)24(30)33-17-23(29)26-19-9-7-8-18(14-19)16-25/h7-11,14-15H,3-6,12-13,17H2,1-2H3,(H,26,29). The number of hydrogen-bond acceptors (Lipinski definition) is 7. The minimum absolute atomic E-state index is 0.00358. The molecule has 2 aromatic rings. The Bertz CT molecular complexity index is 1200. The SMILES string of the molecule is CCN(CC)S(=O)(=O)c1ccc(N2CCCC2)c(C(=O)OCC(=O)Nc2cccc(C#N)c2)c1. The number of amides is 1.